The molecule has 0 aromatic heterocycles. The standard InChI is InChI=1S/C14H16Cl2N2O3/c1-8(18-5-4-9(7-18)14(20)21)13(19)17-12-6-10(15)2-3-11(12)16/h2-3,6,8-9H,4-5,7H2,1H3,(H,17,19)(H,20,21). The molecule has 5 nitrogen and oxygen atoms in total. The minimum absolute atomic E-state index is 0.231. The Kier molecular flexibility index (Phi) is 5.08. The van der Waals surface area contributed by atoms with Gasteiger partial charge in [0.05, 0.1) is 22.7 Å². The highest BCUT2D eigenvalue weighted by molar-refractivity contribution is 6.35. The van der Waals surface area contributed by atoms with Crippen LogP contribution in [0.2, 0.25) is 10.0 Å². The molecule has 0 saturated carbocycles. The predicted octanol–water partition coefficient (Wildman–Crippen LogP) is 2.73. The third-order valence-electron chi connectivity index (χ3n) is 3.68. The molecule has 1 heterocycles. The maximum atomic E-state index is 12.2. The molecule has 0 aliphatic carbocycles. The lowest BCUT2D eigenvalue weighted by Crippen LogP contribution is -2.41. The van der Waals surface area contributed by atoms with Gasteiger partial charge < -0.3 is 10.4 Å². The van der Waals surface area contributed by atoms with Gasteiger partial charge in [0.25, 0.3) is 0 Å². The smallest absolute Gasteiger partial charge is 0.307 e. The highest BCUT2D eigenvalue weighted by Gasteiger charge is 2.33. The van der Waals surface area contributed by atoms with Crippen molar-refractivity contribution in [3.8, 4) is 0 Å². The Morgan fingerprint density at radius 3 is 2.76 bits per heavy atom. The second-order valence-electron chi connectivity index (χ2n) is 5.11. The summed E-state index contributed by atoms with van der Waals surface area (Å²) in [5.74, 6) is -1.46. The van der Waals surface area contributed by atoms with Gasteiger partial charge in [-0.3, -0.25) is 14.5 Å². The number of rotatable bonds is 4. The number of nitrogens with zero attached hydrogens (tertiary/aromatic N) is 1. The number of carboxylic acid groups (broad SMARTS) is 1. The molecule has 1 aromatic rings. The summed E-state index contributed by atoms with van der Waals surface area (Å²) >= 11 is 11.9. The molecule has 1 saturated heterocycles. The largest absolute Gasteiger partial charge is 0.481 e. The zero-order chi connectivity index (χ0) is 15.6. The van der Waals surface area contributed by atoms with E-state index in [0.29, 0.717) is 35.2 Å². The van der Waals surface area contributed by atoms with Gasteiger partial charge in [-0.25, -0.2) is 0 Å². The van der Waals surface area contributed by atoms with Crippen molar-refractivity contribution in [3.05, 3.63) is 28.2 Å². The van der Waals surface area contributed by atoms with Crippen LogP contribution in [0.25, 0.3) is 0 Å². The van der Waals surface area contributed by atoms with Crippen LogP contribution in [-0.2, 0) is 9.59 Å². The van der Waals surface area contributed by atoms with Crippen LogP contribution in [0.5, 0.6) is 0 Å². The van der Waals surface area contributed by atoms with Gasteiger partial charge in [0.15, 0.2) is 0 Å². The highest BCUT2D eigenvalue weighted by atomic mass is 35.5. The number of carboxylic acids is 1. The third kappa shape index (κ3) is 3.87. The number of amides is 1. The summed E-state index contributed by atoms with van der Waals surface area (Å²) in [4.78, 5) is 25.0. The maximum absolute atomic E-state index is 12.2. The number of halogens is 2. The fourth-order valence-corrected chi connectivity index (χ4v) is 2.67. The molecule has 1 fully saturated rings. The molecular formula is C14H16Cl2N2O3. The summed E-state index contributed by atoms with van der Waals surface area (Å²) in [6.07, 6.45) is 0.560. The van der Waals surface area contributed by atoms with E-state index in [4.69, 9.17) is 28.3 Å². The highest BCUT2D eigenvalue weighted by Crippen LogP contribution is 2.26. The number of carbonyl (C=O) groups is 2. The van der Waals surface area contributed by atoms with Crippen LogP contribution >= 0.6 is 23.2 Å². The van der Waals surface area contributed by atoms with Gasteiger partial charge in [-0.15, -0.1) is 0 Å². The van der Waals surface area contributed by atoms with Crippen molar-refractivity contribution >= 4 is 40.8 Å². The molecule has 1 amide bonds. The van der Waals surface area contributed by atoms with Crippen molar-refractivity contribution in [1.82, 2.24) is 4.90 Å². The summed E-state index contributed by atoms with van der Waals surface area (Å²) < 4.78 is 0. The summed E-state index contributed by atoms with van der Waals surface area (Å²) in [5, 5.41) is 12.6. The molecular weight excluding hydrogens is 315 g/mol. The summed E-state index contributed by atoms with van der Waals surface area (Å²) in [6.45, 7) is 2.72. The number of carbonyl (C=O) groups excluding carboxylic acids is 1. The number of nitrogens with one attached hydrogen (secondary N) is 1. The molecule has 1 aromatic carbocycles. The number of likely N-dealkylation sites (tertiary alicyclic amines) is 1. The second kappa shape index (κ2) is 6.64. The van der Waals surface area contributed by atoms with Gasteiger partial charge >= 0.3 is 5.97 Å². The number of hydrogen-bond donors (Lipinski definition) is 2. The average Bonchev–Trinajstić information content (AvgIpc) is 2.91. The minimum Gasteiger partial charge on any atom is -0.481 e. The van der Waals surface area contributed by atoms with Gasteiger partial charge in [0.1, 0.15) is 0 Å². The zero-order valence-electron chi connectivity index (χ0n) is 11.5. The Labute approximate surface area is 132 Å². The van der Waals surface area contributed by atoms with E-state index in [-0.39, 0.29) is 5.91 Å². The quantitative estimate of drug-likeness (QED) is 0.890. The van der Waals surface area contributed by atoms with Crippen molar-refractivity contribution in [2.75, 3.05) is 18.4 Å². The van der Waals surface area contributed by atoms with E-state index in [2.05, 4.69) is 5.32 Å². The lowest BCUT2D eigenvalue weighted by Gasteiger charge is -2.23. The van der Waals surface area contributed by atoms with E-state index in [0.717, 1.165) is 0 Å². The van der Waals surface area contributed by atoms with E-state index in [9.17, 15) is 9.59 Å². The Morgan fingerprint density at radius 2 is 2.14 bits per heavy atom. The van der Waals surface area contributed by atoms with Crippen molar-refractivity contribution < 1.29 is 14.7 Å². The van der Waals surface area contributed by atoms with Crippen LogP contribution in [0.1, 0.15) is 13.3 Å². The Hall–Kier alpha value is -1.30. The van der Waals surface area contributed by atoms with Crippen molar-refractivity contribution in [1.29, 1.82) is 0 Å². The topological polar surface area (TPSA) is 69.6 Å². The molecule has 1 aliphatic rings. The molecule has 1 aliphatic heterocycles. The zero-order valence-corrected chi connectivity index (χ0v) is 13.0. The fraction of sp³-hybridized carbons (Fsp3) is 0.429. The van der Waals surface area contributed by atoms with E-state index in [1.165, 1.54) is 0 Å². The second-order valence-corrected chi connectivity index (χ2v) is 5.95. The predicted molar refractivity (Wildman–Crippen MR) is 81.9 cm³/mol. The van der Waals surface area contributed by atoms with Crippen LogP contribution in [0.4, 0.5) is 5.69 Å². The maximum Gasteiger partial charge on any atom is 0.307 e. The van der Waals surface area contributed by atoms with Crippen molar-refractivity contribution in [3.63, 3.8) is 0 Å². The van der Waals surface area contributed by atoms with E-state index >= 15 is 0 Å². The van der Waals surface area contributed by atoms with Crippen LogP contribution < -0.4 is 5.32 Å². The van der Waals surface area contributed by atoms with E-state index in [1.54, 1.807) is 25.1 Å². The Bertz CT molecular complexity index is 565. The molecule has 0 radical (unpaired) electrons. The van der Waals surface area contributed by atoms with E-state index < -0.39 is 17.9 Å². The number of hydrogen-bond acceptors (Lipinski definition) is 3. The molecule has 0 bridgehead atoms. The van der Waals surface area contributed by atoms with Gasteiger partial charge in [-0.2, -0.15) is 0 Å². The van der Waals surface area contributed by atoms with Crippen LogP contribution in [-0.4, -0.2) is 41.0 Å². The van der Waals surface area contributed by atoms with Crippen molar-refractivity contribution in [2.24, 2.45) is 5.92 Å². The number of anilines is 1. The molecule has 2 unspecified atom stereocenters. The normalized spacial score (nSPS) is 20.2. The molecule has 2 N–H and O–H groups in total. The first-order chi connectivity index (χ1) is 9.88. The first-order valence-electron chi connectivity index (χ1n) is 6.61. The van der Waals surface area contributed by atoms with E-state index in [1.807, 2.05) is 4.90 Å². The van der Waals surface area contributed by atoms with Crippen LogP contribution in [0.15, 0.2) is 18.2 Å². The van der Waals surface area contributed by atoms with Gasteiger partial charge in [-0.1, -0.05) is 23.2 Å². The fourth-order valence-electron chi connectivity index (χ4n) is 2.34. The minimum atomic E-state index is -0.817. The lowest BCUT2D eigenvalue weighted by atomic mass is 10.1. The Balaban J connectivity index is 2.00. The average molecular weight is 331 g/mol. The number of aliphatic carboxylic acids is 1. The number of benzene rings is 1. The van der Waals surface area contributed by atoms with Gasteiger partial charge in [-0.05, 0) is 38.1 Å². The summed E-state index contributed by atoms with van der Waals surface area (Å²) in [6, 6.07) is 4.41. The van der Waals surface area contributed by atoms with Gasteiger partial charge in [0, 0.05) is 11.6 Å². The monoisotopic (exact) mass is 330 g/mol. The Morgan fingerprint density at radius 1 is 1.43 bits per heavy atom. The first kappa shape index (κ1) is 16.1. The lowest BCUT2D eigenvalue weighted by molar-refractivity contribution is -0.141. The van der Waals surface area contributed by atoms with Crippen LogP contribution in [0.3, 0.4) is 0 Å². The van der Waals surface area contributed by atoms with Gasteiger partial charge in [0.2, 0.25) is 5.91 Å². The molecule has 2 rings (SSSR count). The summed E-state index contributed by atoms with van der Waals surface area (Å²) in [7, 11) is 0. The SMILES string of the molecule is CC(C(=O)Nc1cc(Cl)ccc1Cl)N1CCC(C(=O)O)C1. The summed E-state index contributed by atoms with van der Waals surface area (Å²) in [5.41, 5.74) is 0.454. The molecule has 7 heteroatoms. The first-order valence-corrected chi connectivity index (χ1v) is 7.37. The molecule has 21 heavy (non-hydrogen) atoms. The molecule has 2 atom stereocenters. The van der Waals surface area contributed by atoms with Crippen LogP contribution in [0, 0.1) is 5.92 Å². The molecule has 0 spiro atoms. The van der Waals surface area contributed by atoms with Crippen molar-refractivity contribution in [2.45, 2.75) is 19.4 Å². The third-order valence-corrected chi connectivity index (χ3v) is 4.25. The molecule has 114 valence electrons.